The average Bonchev–Trinajstić information content (AvgIpc) is 2.52. The van der Waals surface area contributed by atoms with Crippen molar-refractivity contribution in [1.29, 1.82) is 0 Å². The van der Waals surface area contributed by atoms with Gasteiger partial charge in [-0.2, -0.15) is 13.2 Å². The molecule has 0 fully saturated rings. The van der Waals surface area contributed by atoms with E-state index in [1.54, 1.807) is 19.3 Å². The van der Waals surface area contributed by atoms with Crippen molar-refractivity contribution in [3.8, 4) is 0 Å². The second-order valence-electron chi connectivity index (χ2n) is 4.73. The molecule has 0 saturated heterocycles. The molecule has 2 heterocycles. The van der Waals surface area contributed by atoms with Gasteiger partial charge in [0.05, 0.1) is 5.56 Å². The van der Waals surface area contributed by atoms with Crippen molar-refractivity contribution in [1.82, 2.24) is 14.9 Å². The summed E-state index contributed by atoms with van der Waals surface area (Å²) in [5.41, 5.74) is -0.0515. The zero-order valence-corrected chi connectivity index (χ0v) is 11.8. The third-order valence-electron chi connectivity index (χ3n) is 3.08. The summed E-state index contributed by atoms with van der Waals surface area (Å²) in [5, 5.41) is 0. The molecule has 0 radical (unpaired) electrons. The Bertz CT molecular complexity index is 627. The number of hydrogen-bond donors (Lipinski definition) is 0. The number of carbonyl (C=O) groups excluding carboxylic acids is 1. The van der Waals surface area contributed by atoms with Crippen molar-refractivity contribution < 1.29 is 18.0 Å². The minimum Gasteiger partial charge on any atom is -0.341 e. The lowest BCUT2D eigenvalue weighted by Crippen LogP contribution is -2.29. The Morgan fingerprint density at radius 1 is 1.18 bits per heavy atom. The fraction of sp³-hybridized carbons (Fsp3) is 0.267. The fourth-order valence-electron chi connectivity index (χ4n) is 1.84. The number of pyridine rings is 2. The first kappa shape index (κ1) is 15.9. The highest BCUT2D eigenvalue weighted by molar-refractivity contribution is 5.93. The monoisotopic (exact) mass is 309 g/mol. The molecule has 4 nitrogen and oxygen atoms in total. The van der Waals surface area contributed by atoms with Crippen molar-refractivity contribution in [3.05, 3.63) is 59.7 Å². The van der Waals surface area contributed by atoms with Gasteiger partial charge in [0.2, 0.25) is 0 Å². The molecule has 0 unspecified atom stereocenters. The summed E-state index contributed by atoms with van der Waals surface area (Å²) < 4.78 is 37.3. The lowest BCUT2D eigenvalue weighted by molar-refractivity contribution is -0.141. The maximum Gasteiger partial charge on any atom is 0.433 e. The third kappa shape index (κ3) is 4.03. The Kier molecular flexibility index (Phi) is 4.75. The first-order valence-corrected chi connectivity index (χ1v) is 6.56. The summed E-state index contributed by atoms with van der Waals surface area (Å²) in [6, 6.07) is 7.43. The van der Waals surface area contributed by atoms with Crippen molar-refractivity contribution in [2.75, 3.05) is 13.6 Å². The largest absolute Gasteiger partial charge is 0.433 e. The summed E-state index contributed by atoms with van der Waals surface area (Å²) in [5.74, 6) is -0.378. The smallest absolute Gasteiger partial charge is 0.341 e. The van der Waals surface area contributed by atoms with E-state index in [1.165, 1.54) is 4.90 Å². The van der Waals surface area contributed by atoms with E-state index in [-0.39, 0.29) is 11.5 Å². The Hall–Kier alpha value is -2.44. The van der Waals surface area contributed by atoms with Crippen LogP contribution in [0.1, 0.15) is 21.7 Å². The summed E-state index contributed by atoms with van der Waals surface area (Å²) >= 11 is 0. The van der Waals surface area contributed by atoms with Gasteiger partial charge in [-0.25, -0.2) is 0 Å². The molecule has 0 aromatic carbocycles. The number of hydrogen-bond acceptors (Lipinski definition) is 3. The van der Waals surface area contributed by atoms with Crippen molar-refractivity contribution in [3.63, 3.8) is 0 Å². The Labute approximate surface area is 125 Å². The molecule has 116 valence electrons. The van der Waals surface area contributed by atoms with Gasteiger partial charge in [-0.15, -0.1) is 0 Å². The molecule has 2 aromatic rings. The van der Waals surface area contributed by atoms with Crippen LogP contribution >= 0.6 is 0 Å². The van der Waals surface area contributed by atoms with Gasteiger partial charge in [0.15, 0.2) is 0 Å². The van der Waals surface area contributed by atoms with Crippen LogP contribution in [0.2, 0.25) is 0 Å². The van der Waals surface area contributed by atoms with Gasteiger partial charge in [-0.05, 0) is 24.3 Å². The van der Waals surface area contributed by atoms with Crippen LogP contribution in [0.5, 0.6) is 0 Å². The van der Waals surface area contributed by atoms with Crippen LogP contribution in [0.4, 0.5) is 13.2 Å². The van der Waals surface area contributed by atoms with E-state index in [1.807, 2.05) is 12.1 Å². The minimum atomic E-state index is -4.51. The first-order valence-electron chi connectivity index (χ1n) is 6.56. The number of carbonyl (C=O) groups is 1. The lowest BCUT2D eigenvalue weighted by atomic mass is 10.2. The second kappa shape index (κ2) is 6.55. The van der Waals surface area contributed by atoms with Gasteiger partial charge < -0.3 is 4.90 Å². The minimum absolute atomic E-state index is 0.122. The molecule has 0 aliphatic heterocycles. The highest BCUT2D eigenvalue weighted by atomic mass is 19.4. The summed E-state index contributed by atoms with van der Waals surface area (Å²) in [6.07, 6.45) is -1.33. The van der Waals surface area contributed by atoms with Crippen LogP contribution in [0.3, 0.4) is 0 Å². The molecule has 0 N–H and O–H groups in total. The van der Waals surface area contributed by atoms with E-state index in [4.69, 9.17) is 0 Å². The SMILES string of the molecule is CN(CCc1ccccn1)C(=O)c1ccc(C(F)(F)F)nc1. The molecule has 0 aliphatic rings. The van der Waals surface area contributed by atoms with E-state index in [0.717, 1.165) is 24.0 Å². The van der Waals surface area contributed by atoms with Gasteiger partial charge in [-0.3, -0.25) is 14.8 Å². The Balaban J connectivity index is 1.98. The second-order valence-corrected chi connectivity index (χ2v) is 4.73. The number of halogens is 3. The molecule has 2 rings (SSSR count). The summed E-state index contributed by atoms with van der Waals surface area (Å²) in [4.78, 5) is 21.0. The number of alkyl halides is 3. The van der Waals surface area contributed by atoms with Crippen molar-refractivity contribution in [2.45, 2.75) is 12.6 Å². The van der Waals surface area contributed by atoms with Crippen LogP contribution in [0.15, 0.2) is 42.7 Å². The number of rotatable bonds is 4. The molecule has 0 saturated carbocycles. The van der Waals surface area contributed by atoms with Crippen LogP contribution in [0, 0.1) is 0 Å². The van der Waals surface area contributed by atoms with Gasteiger partial charge in [0.25, 0.3) is 5.91 Å². The lowest BCUT2D eigenvalue weighted by Gasteiger charge is -2.17. The molecule has 0 atom stereocenters. The molecule has 1 amide bonds. The zero-order valence-electron chi connectivity index (χ0n) is 11.8. The maximum atomic E-state index is 12.4. The maximum absolute atomic E-state index is 12.4. The zero-order chi connectivity index (χ0) is 16.2. The molecule has 0 bridgehead atoms. The van der Waals surface area contributed by atoms with Crippen molar-refractivity contribution >= 4 is 5.91 Å². The van der Waals surface area contributed by atoms with E-state index in [9.17, 15) is 18.0 Å². The predicted molar refractivity (Wildman–Crippen MR) is 74.1 cm³/mol. The molecule has 0 aliphatic carbocycles. The molecule has 2 aromatic heterocycles. The van der Waals surface area contributed by atoms with Crippen LogP contribution < -0.4 is 0 Å². The fourth-order valence-corrected chi connectivity index (χ4v) is 1.84. The standard InChI is InChI=1S/C15H14F3N3O/c1-21(9-7-12-4-2-3-8-19-12)14(22)11-5-6-13(20-10-11)15(16,17)18/h2-6,8,10H,7,9H2,1H3. The summed E-state index contributed by atoms with van der Waals surface area (Å²) in [6.45, 7) is 0.414. The van der Waals surface area contributed by atoms with Gasteiger partial charge in [0.1, 0.15) is 5.69 Å². The Morgan fingerprint density at radius 2 is 1.95 bits per heavy atom. The highest BCUT2D eigenvalue weighted by Gasteiger charge is 2.32. The van der Waals surface area contributed by atoms with E-state index in [2.05, 4.69) is 9.97 Å². The molecular weight excluding hydrogens is 295 g/mol. The van der Waals surface area contributed by atoms with Crippen molar-refractivity contribution in [2.24, 2.45) is 0 Å². The molecule has 0 spiro atoms. The quantitative estimate of drug-likeness (QED) is 0.872. The number of likely N-dealkylation sites (N-methyl/N-ethyl adjacent to an activating group) is 1. The Morgan fingerprint density at radius 3 is 2.50 bits per heavy atom. The number of nitrogens with zero attached hydrogens (tertiary/aromatic N) is 3. The highest BCUT2D eigenvalue weighted by Crippen LogP contribution is 2.27. The van der Waals surface area contributed by atoms with Gasteiger partial charge in [0, 0.05) is 38.1 Å². The molecule has 7 heteroatoms. The molecular formula is C15H14F3N3O. The number of amides is 1. The molecule has 22 heavy (non-hydrogen) atoms. The normalized spacial score (nSPS) is 11.3. The van der Waals surface area contributed by atoms with E-state index >= 15 is 0 Å². The summed E-state index contributed by atoms with van der Waals surface area (Å²) in [7, 11) is 1.59. The third-order valence-corrected chi connectivity index (χ3v) is 3.08. The number of aromatic nitrogens is 2. The van der Waals surface area contributed by atoms with Gasteiger partial charge in [-0.1, -0.05) is 6.07 Å². The van der Waals surface area contributed by atoms with Crippen LogP contribution in [-0.4, -0.2) is 34.4 Å². The van der Waals surface area contributed by atoms with Gasteiger partial charge >= 0.3 is 6.18 Å². The first-order chi connectivity index (χ1) is 10.4. The van der Waals surface area contributed by atoms with Crippen LogP contribution in [0.25, 0.3) is 0 Å². The predicted octanol–water partition coefficient (Wildman–Crippen LogP) is 2.81. The van der Waals surface area contributed by atoms with E-state index in [0.29, 0.717) is 13.0 Å². The van der Waals surface area contributed by atoms with E-state index < -0.39 is 11.9 Å². The topological polar surface area (TPSA) is 46.1 Å². The van der Waals surface area contributed by atoms with Crippen LogP contribution in [-0.2, 0) is 12.6 Å². The average molecular weight is 309 g/mol.